The lowest BCUT2D eigenvalue weighted by Gasteiger charge is -2.22. The molecule has 1 aromatic rings. The Hall–Kier alpha value is -0.540. The zero-order valence-corrected chi connectivity index (χ0v) is 10.7. The molecule has 0 saturated carbocycles. The molecule has 0 aliphatic heterocycles. The molecule has 0 amide bonds. The highest BCUT2D eigenvalue weighted by atomic mass is 35.5. The predicted octanol–water partition coefficient (Wildman–Crippen LogP) is 2.88. The second kappa shape index (κ2) is 4.99. The van der Waals surface area contributed by atoms with Gasteiger partial charge >= 0.3 is 0 Å². The maximum absolute atomic E-state index is 5.81. The molecular weight excluding hydrogens is 210 g/mol. The zero-order valence-electron chi connectivity index (χ0n) is 9.92. The molecule has 1 aromatic heterocycles. The third-order valence-corrected chi connectivity index (χ3v) is 2.43. The van der Waals surface area contributed by atoms with Gasteiger partial charge in [-0.05, 0) is 40.7 Å². The van der Waals surface area contributed by atoms with Crippen molar-refractivity contribution in [3.05, 3.63) is 17.4 Å². The SMILES string of the molecule is CC(CCNC(C)(C)C)n1cc(Cl)cn1. The first-order valence-corrected chi connectivity index (χ1v) is 5.71. The van der Waals surface area contributed by atoms with Crippen LogP contribution in [0.15, 0.2) is 12.4 Å². The molecule has 0 radical (unpaired) electrons. The molecule has 0 aromatic carbocycles. The van der Waals surface area contributed by atoms with Crippen LogP contribution in [0.25, 0.3) is 0 Å². The van der Waals surface area contributed by atoms with E-state index >= 15 is 0 Å². The van der Waals surface area contributed by atoms with Gasteiger partial charge in [-0.15, -0.1) is 0 Å². The van der Waals surface area contributed by atoms with E-state index in [2.05, 4.69) is 38.1 Å². The highest BCUT2D eigenvalue weighted by molar-refractivity contribution is 6.30. The van der Waals surface area contributed by atoms with Gasteiger partial charge in [-0.3, -0.25) is 4.68 Å². The average Bonchev–Trinajstić information content (AvgIpc) is 2.49. The number of aromatic nitrogens is 2. The van der Waals surface area contributed by atoms with Crippen LogP contribution in [0.1, 0.15) is 40.2 Å². The Morgan fingerprint density at radius 2 is 2.20 bits per heavy atom. The monoisotopic (exact) mass is 229 g/mol. The zero-order chi connectivity index (χ0) is 11.5. The highest BCUT2D eigenvalue weighted by Gasteiger charge is 2.10. The van der Waals surface area contributed by atoms with Gasteiger partial charge in [-0.1, -0.05) is 11.6 Å². The standard InChI is InChI=1S/C11H20ClN3/c1-9(5-6-13-11(2,3)4)15-8-10(12)7-14-15/h7-9,13H,5-6H2,1-4H3. The summed E-state index contributed by atoms with van der Waals surface area (Å²) in [4.78, 5) is 0. The predicted molar refractivity (Wildman–Crippen MR) is 64.3 cm³/mol. The number of halogens is 1. The van der Waals surface area contributed by atoms with Crippen molar-refractivity contribution >= 4 is 11.6 Å². The molecule has 0 fully saturated rings. The van der Waals surface area contributed by atoms with E-state index in [1.165, 1.54) is 0 Å². The molecule has 1 heterocycles. The van der Waals surface area contributed by atoms with Crippen molar-refractivity contribution in [1.29, 1.82) is 0 Å². The lowest BCUT2D eigenvalue weighted by atomic mass is 10.1. The summed E-state index contributed by atoms with van der Waals surface area (Å²) in [5.74, 6) is 0. The first-order valence-electron chi connectivity index (χ1n) is 5.33. The van der Waals surface area contributed by atoms with E-state index in [9.17, 15) is 0 Å². The van der Waals surface area contributed by atoms with Crippen LogP contribution < -0.4 is 5.32 Å². The molecule has 1 N–H and O–H groups in total. The largest absolute Gasteiger partial charge is 0.312 e. The fraction of sp³-hybridized carbons (Fsp3) is 0.727. The van der Waals surface area contributed by atoms with Gasteiger partial charge in [-0.25, -0.2) is 0 Å². The van der Waals surface area contributed by atoms with Crippen LogP contribution in [0.5, 0.6) is 0 Å². The van der Waals surface area contributed by atoms with Crippen LogP contribution in [0, 0.1) is 0 Å². The second-order valence-electron chi connectivity index (χ2n) is 4.95. The van der Waals surface area contributed by atoms with E-state index in [1.807, 2.05) is 10.9 Å². The number of nitrogens with zero attached hydrogens (tertiary/aromatic N) is 2. The molecule has 0 bridgehead atoms. The summed E-state index contributed by atoms with van der Waals surface area (Å²) in [6.07, 6.45) is 4.59. The molecule has 0 spiro atoms. The Morgan fingerprint density at radius 1 is 1.53 bits per heavy atom. The topological polar surface area (TPSA) is 29.9 Å². The molecule has 86 valence electrons. The summed E-state index contributed by atoms with van der Waals surface area (Å²) < 4.78 is 1.91. The maximum Gasteiger partial charge on any atom is 0.0785 e. The van der Waals surface area contributed by atoms with Crippen LogP contribution in [-0.4, -0.2) is 21.9 Å². The smallest absolute Gasteiger partial charge is 0.0785 e. The van der Waals surface area contributed by atoms with Crippen molar-refractivity contribution in [2.75, 3.05) is 6.54 Å². The average molecular weight is 230 g/mol. The van der Waals surface area contributed by atoms with E-state index in [0.717, 1.165) is 13.0 Å². The van der Waals surface area contributed by atoms with Gasteiger partial charge < -0.3 is 5.32 Å². The fourth-order valence-electron chi connectivity index (χ4n) is 1.34. The van der Waals surface area contributed by atoms with Crippen LogP contribution >= 0.6 is 11.6 Å². The molecule has 1 atom stereocenters. The van der Waals surface area contributed by atoms with Crippen LogP contribution in [0.2, 0.25) is 5.02 Å². The summed E-state index contributed by atoms with van der Waals surface area (Å²) in [5, 5.41) is 8.34. The minimum atomic E-state index is 0.182. The Balaban J connectivity index is 2.34. The van der Waals surface area contributed by atoms with Crippen molar-refractivity contribution in [2.45, 2.75) is 45.7 Å². The van der Waals surface area contributed by atoms with Gasteiger partial charge in [0, 0.05) is 11.7 Å². The second-order valence-corrected chi connectivity index (χ2v) is 5.39. The van der Waals surface area contributed by atoms with E-state index in [0.29, 0.717) is 11.1 Å². The van der Waals surface area contributed by atoms with Crippen LogP contribution in [-0.2, 0) is 0 Å². The third kappa shape index (κ3) is 4.67. The van der Waals surface area contributed by atoms with Gasteiger partial charge in [0.25, 0.3) is 0 Å². The molecule has 4 heteroatoms. The van der Waals surface area contributed by atoms with Crippen molar-refractivity contribution in [3.63, 3.8) is 0 Å². The molecule has 15 heavy (non-hydrogen) atoms. The maximum atomic E-state index is 5.81. The minimum absolute atomic E-state index is 0.182. The Morgan fingerprint density at radius 3 is 2.67 bits per heavy atom. The van der Waals surface area contributed by atoms with E-state index in [1.54, 1.807) is 6.20 Å². The number of nitrogens with one attached hydrogen (secondary N) is 1. The Labute approximate surface area is 96.8 Å². The summed E-state index contributed by atoms with van der Waals surface area (Å²) in [6, 6.07) is 0.382. The van der Waals surface area contributed by atoms with Crippen molar-refractivity contribution in [2.24, 2.45) is 0 Å². The molecule has 3 nitrogen and oxygen atoms in total. The van der Waals surface area contributed by atoms with Crippen molar-refractivity contribution in [1.82, 2.24) is 15.1 Å². The summed E-state index contributed by atoms with van der Waals surface area (Å²) in [5.41, 5.74) is 0.182. The first-order chi connectivity index (χ1) is 6.88. The number of hydrogen-bond donors (Lipinski definition) is 1. The van der Waals surface area contributed by atoms with E-state index < -0.39 is 0 Å². The fourth-order valence-corrected chi connectivity index (χ4v) is 1.49. The molecule has 0 aliphatic rings. The summed E-state index contributed by atoms with van der Waals surface area (Å²) in [7, 11) is 0. The van der Waals surface area contributed by atoms with E-state index in [-0.39, 0.29) is 5.54 Å². The van der Waals surface area contributed by atoms with E-state index in [4.69, 9.17) is 11.6 Å². The quantitative estimate of drug-likeness (QED) is 0.861. The van der Waals surface area contributed by atoms with Gasteiger partial charge in [0.2, 0.25) is 0 Å². The number of rotatable bonds is 4. The molecular formula is C11H20ClN3. The highest BCUT2D eigenvalue weighted by Crippen LogP contribution is 2.13. The van der Waals surface area contributed by atoms with Gasteiger partial charge in [0.05, 0.1) is 17.3 Å². The molecule has 0 aliphatic carbocycles. The van der Waals surface area contributed by atoms with Gasteiger partial charge in [-0.2, -0.15) is 5.10 Å². The number of hydrogen-bond acceptors (Lipinski definition) is 2. The van der Waals surface area contributed by atoms with Crippen molar-refractivity contribution < 1.29 is 0 Å². The van der Waals surface area contributed by atoms with Crippen molar-refractivity contribution in [3.8, 4) is 0 Å². The lowest BCUT2D eigenvalue weighted by molar-refractivity contribution is 0.380. The third-order valence-electron chi connectivity index (χ3n) is 2.24. The molecule has 1 rings (SSSR count). The van der Waals surface area contributed by atoms with Crippen LogP contribution in [0.4, 0.5) is 0 Å². The van der Waals surface area contributed by atoms with Gasteiger partial charge in [0.1, 0.15) is 0 Å². The normalized spacial score (nSPS) is 14.2. The lowest BCUT2D eigenvalue weighted by Crippen LogP contribution is -2.37. The minimum Gasteiger partial charge on any atom is -0.312 e. The summed E-state index contributed by atoms with van der Waals surface area (Å²) >= 11 is 5.81. The first kappa shape index (κ1) is 12.5. The Bertz CT molecular complexity index is 301. The van der Waals surface area contributed by atoms with Gasteiger partial charge in [0.15, 0.2) is 0 Å². The molecule has 0 saturated heterocycles. The van der Waals surface area contributed by atoms with Crippen LogP contribution in [0.3, 0.4) is 0 Å². The Kier molecular flexibility index (Phi) is 4.17. The summed E-state index contributed by atoms with van der Waals surface area (Å²) in [6.45, 7) is 9.64. The molecule has 1 unspecified atom stereocenters.